The first-order valence-corrected chi connectivity index (χ1v) is 8.47. The lowest BCUT2D eigenvalue weighted by Crippen LogP contribution is -2.25. The van der Waals surface area contributed by atoms with Gasteiger partial charge in [-0.3, -0.25) is 25.7 Å². The molecule has 1 aliphatic heterocycles. The predicted molar refractivity (Wildman–Crippen MR) is 100 cm³/mol. The van der Waals surface area contributed by atoms with Crippen molar-refractivity contribution in [1.82, 2.24) is 5.43 Å². The van der Waals surface area contributed by atoms with E-state index in [0.29, 0.717) is 27.8 Å². The van der Waals surface area contributed by atoms with Crippen LogP contribution >= 0.6 is 11.8 Å². The molecule has 0 radical (unpaired) electrons. The number of rotatable bonds is 4. The number of hydrogen-bond acceptors (Lipinski definition) is 7. The van der Waals surface area contributed by atoms with Gasteiger partial charge in [0.15, 0.2) is 5.17 Å². The van der Waals surface area contributed by atoms with Crippen molar-refractivity contribution in [3.05, 3.63) is 73.8 Å². The molecule has 0 saturated heterocycles. The van der Waals surface area contributed by atoms with E-state index < -0.39 is 9.85 Å². The number of aliphatic imine (C=N–C) groups is 1. The summed E-state index contributed by atoms with van der Waals surface area (Å²) in [5, 5.41) is 26.7. The van der Waals surface area contributed by atoms with E-state index in [2.05, 4.69) is 15.5 Å². The van der Waals surface area contributed by atoms with Crippen LogP contribution in [0.1, 0.15) is 11.1 Å². The molecule has 0 bridgehead atoms. The Morgan fingerprint density at radius 3 is 2.50 bits per heavy atom. The summed E-state index contributed by atoms with van der Waals surface area (Å²) in [5.74, 6) is 0.437. The summed E-state index contributed by atoms with van der Waals surface area (Å²) in [5.41, 5.74) is 4.79. The molecule has 9 nitrogen and oxygen atoms in total. The number of nitro groups is 2. The van der Waals surface area contributed by atoms with Gasteiger partial charge in [0.05, 0.1) is 15.6 Å². The van der Waals surface area contributed by atoms with Gasteiger partial charge in [-0.15, -0.1) is 0 Å². The number of hydrogen-bond donors (Lipinski definition) is 1. The van der Waals surface area contributed by atoms with E-state index >= 15 is 0 Å². The van der Waals surface area contributed by atoms with Gasteiger partial charge in [0.25, 0.3) is 11.4 Å². The zero-order valence-electron chi connectivity index (χ0n) is 13.6. The first-order chi connectivity index (χ1) is 12.5. The van der Waals surface area contributed by atoms with Crippen LogP contribution in [-0.4, -0.2) is 26.5 Å². The Labute approximate surface area is 152 Å². The molecule has 10 heteroatoms. The molecule has 0 unspecified atom stereocenters. The molecule has 0 aliphatic carbocycles. The van der Waals surface area contributed by atoms with Crippen molar-refractivity contribution in [1.29, 1.82) is 0 Å². The van der Waals surface area contributed by atoms with Gasteiger partial charge >= 0.3 is 0 Å². The van der Waals surface area contributed by atoms with Crippen molar-refractivity contribution in [2.24, 2.45) is 10.1 Å². The van der Waals surface area contributed by atoms with Gasteiger partial charge in [0, 0.05) is 29.0 Å². The van der Waals surface area contributed by atoms with Gasteiger partial charge in [-0.1, -0.05) is 36.0 Å². The lowest BCUT2D eigenvalue weighted by atomic mass is 10.1. The topological polar surface area (TPSA) is 123 Å². The molecule has 1 heterocycles. The maximum atomic E-state index is 11.1. The van der Waals surface area contributed by atoms with E-state index in [1.54, 1.807) is 37.3 Å². The van der Waals surface area contributed by atoms with Crippen molar-refractivity contribution in [3.8, 4) is 0 Å². The first kappa shape index (κ1) is 17.5. The van der Waals surface area contributed by atoms with Crippen molar-refractivity contribution in [2.45, 2.75) is 6.92 Å². The van der Waals surface area contributed by atoms with Crippen LogP contribution in [0, 0.1) is 27.2 Å². The van der Waals surface area contributed by atoms with Crippen LogP contribution in [0.5, 0.6) is 0 Å². The molecule has 1 N–H and O–H groups in total. The van der Waals surface area contributed by atoms with Gasteiger partial charge in [0.1, 0.15) is 5.69 Å². The van der Waals surface area contributed by atoms with Crippen LogP contribution in [-0.2, 0) is 0 Å². The lowest BCUT2D eigenvalue weighted by molar-refractivity contribution is -0.385. The third-order valence-corrected chi connectivity index (χ3v) is 4.55. The number of nitrogens with zero attached hydrogens (tertiary/aromatic N) is 4. The minimum absolute atomic E-state index is 0.0366. The number of para-hydroxylation sites is 2. The molecule has 2 aromatic rings. The SMILES string of the molecule is Cc1ccc(C2=NNC(=Nc3ccccc3[N+](=O)[O-])SC2)cc1[N+](=O)[O-]. The van der Waals surface area contributed by atoms with Crippen LogP contribution in [0.4, 0.5) is 17.1 Å². The molecule has 0 amide bonds. The van der Waals surface area contributed by atoms with Crippen molar-refractivity contribution >= 4 is 39.7 Å². The Balaban J connectivity index is 1.84. The van der Waals surface area contributed by atoms with Crippen LogP contribution in [0.15, 0.2) is 52.6 Å². The number of nitro benzene ring substituents is 2. The maximum Gasteiger partial charge on any atom is 0.294 e. The van der Waals surface area contributed by atoms with Gasteiger partial charge in [-0.25, -0.2) is 4.99 Å². The van der Waals surface area contributed by atoms with Crippen molar-refractivity contribution in [2.75, 3.05) is 5.75 Å². The molecule has 0 saturated carbocycles. The van der Waals surface area contributed by atoms with E-state index in [1.807, 2.05) is 0 Å². The summed E-state index contributed by atoms with van der Waals surface area (Å²) in [4.78, 5) is 25.4. The van der Waals surface area contributed by atoms with Crippen LogP contribution in [0.2, 0.25) is 0 Å². The summed E-state index contributed by atoms with van der Waals surface area (Å²) >= 11 is 1.32. The largest absolute Gasteiger partial charge is 0.294 e. The third kappa shape index (κ3) is 3.70. The van der Waals surface area contributed by atoms with Gasteiger partial charge in [-0.05, 0) is 13.0 Å². The quantitative estimate of drug-likeness (QED) is 0.648. The van der Waals surface area contributed by atoms with Gasteiger partial charge in [0.2, 0.25) is 0 Å². The summed E-state index contributed by atoms with van der Waals surface area (Å²) in [6.07, 6.45) is 0. The van der Waals surface area contributed by atoms with E-state index in [1.165, 1.54) is 23.9 Å². The highest BCUT2D eigenvalue weighted by molar-refractivity contribution is 8.14. The van der Waals surface area contributed by atoms with E-state index in [9.17, 15) is 20.2 Å². The monoisotopic (exact) mass is 371 g/mol. The fourth-order valence-electron chi connectivity index (χ4n) is 2.33. The average Bonchev–Trinajstić information content (AvgIpc) is 2.63. The standard InChI is InChI=1S/C16H13N5O4S/c1-10-6-7-11(8-15(10)21(24)25)13-9-26-16(19-18-13)17-12-4-2-3-5-14(12)20(22)23/h2-8H,9H2,1H3,(H,17,19). The molecule has 3 rings (SSSR count). The Hall–Kier alpha value is -3.27. The summed E-state index contributed by atoms with van der Waals surface area (Å²) in [7, 11) is 0. The fraction of sp³-hybridized carbons (Fsp3) is 0.125. The fourth-order valence-corrected chi connectivity index (χ4v) is 3.11. The van der Waals surface area contributed by atoms with E-state index in [0.717, 1.165) is 0 Å². The van der Waals surface area contributed by atoms with Crippen LogP contribution in [0.25, 0.3) is 0 Å². The number of aryl methyl sites for hydroxylation is 1. The summed E-state index contributed by atoms with van der Waals surface area (Å²) in [6, 6.07) is 11.1. The van der Waals surface area contributed by atoms with Gasteiger partial charge in [-0.2, -0.15) is 5.10 Å². The highest BCUT2D eigenvalue weighted by atomic mass is 32.2. The summed E-state index contributed by atoms with van der Waals surface area (Å²) in [6.45, 7) is 1.68. The number of amidine groups is 1. The molecule has 0 aromatic heterocycles. The van der Waals surface area contributed by atoms with E-state index in [4.69, 9.17) is 0 Å². The Bertz CT molecular complexity index is 957. The molecule has 26 heavy (non-hydrogen) atoms. The number of nitrogens with one attached hydrogen (secondary N) is 1. The highest BCUT2D eigenvalue weighted by Gasteiger charge is 2.19. The molecule has 132 valence electrons. The second kappa shape index (κ2) is 7.31. The molecule has 0 atom stereocenters. The second-order valence-electron chi connectivity index (χ2n) is 5.38. The van der Waals surface area contributed by atoms with Crippen molar-refractivity contribution in [3.63, 3.8) is 0 Å². The Morgan fingerprint density at radius 1 is 1.12 bits per heavy atom. The minimum Gasteiger partial charge on any atom is -0.258 e. The second-order valence-corrected chi connectivity index (χ2v) is 6.34. The first-order valence-electron chi connectivity index (χ1n) is 7.48. The molecular formula is C16H13N5O4S. The number of benzene rings is 2. The lowest BCUT2D eigenvalue weighted by Gasteiger charge is -2.15. The normalized spacial score (nSPS) is 15.3. The average molecular weight is 371 g/mol. The zero-order chi connectivity index (χ0) is 18.7. The number of thioether (sulfide) groups is 1. The molecule has 1 aliphatic rings. The minimum atomic E-state index is -0.493. The Morgan fingerprint density at radius 2 is 1.85 bits per heavy atom. The maximum absolute atomic E-state index is 11.1. The third-order valence-electron chi connectivity index (χ3n) is 3.67. The van der Waals surface area contributed by atoms with Crippen LogP contribution < -0.4 is 5.43 Å². The molecule has 2 aromatic carbocycles. The van der Waals surface area contributed by atoms with Crippen molar-refractivity contribution < 1.29 is 9.85 Å². The van der Waals surface area contributed by atoms with E-state index in [-0.39, 0.29) is 17.1 Å². The smallest absolute Gasteiger partial charge is 0.258 e. The number of hydrazone groups is 1. The highest BCUT2D eigenvalue weighted by Crippen LogP contribution is 2.28. The molecule has 0 spiro atoms. The Kier molecular flexibility index (Phi) is 4.94. The zero-order valence-corrected chi connectivity index (χ0v) is 14.4. The van der Waals surface area contributed by atoms with Gasteiger partial charge < -0.3 is 0 Å². The molecular weight excluding hydrogens is 358 g/mol. The molecule has 0 fully saturated rings. The predicted octanol–water partition coefficient (Wildman–Crippen LogP) is 3.54. The van der Waals surface area contributed by atoms with Crippen LogP contribution in [0.3, 0.4) is 0 Å². The summed E-state index contributed by atoms with van der Waals surface area (Å²) < 4.78 is 0.